The first-order valence-electron chi connectivity index (χ1n) is 6.66. The Labute approximate surface area is 122 Å². The summed E-state index contributed by atoms with van der Waals surface area (Å²) in [6.45, 7) is 2.40. The molecule has 1 heterocycles. The molecule has 0 bridgehead atoms. The molecule has 2 aromatic rings. The molecule has 0 spiro atoms. The third kappa shape index (κ3) is 4.17. The first-order valence-corrected chi connectivity index (χ1v) is 6.66. The number of esters is 1. The van der Waals surface area contributed by atoms with Crippen LogP contribution >= 0.6 is 0 Å². The van der Waals surface area contributed by atoms with Crippen LogP contribution in [0.5, 0.6) is 0 Å². The summed E-state index contributed by atoms with van der Waals surface area (Å²) in [6, 6.07) is 10.5. The predicted molar refractivity (Wildman–Crippen MR) is 74.9 cm³/mol. The molecule has 0 aliphatic carbocycles. The van der Waals surface area contributed by atoms with Crippen molar-refractivity contribution in [1.82, 2.24) is 10.5 Å². The Kier molecular flexibility index (Phi) is 5.09. The molecule has 0 aliphatic heterocycles. The summed E-state index contributed by atoms with van der Waals surface area (Å²) < 4.78 is 9.83. The van der Waals surface area contributed by atoms with E-state index in [0.29, 0.717) is 24.3 Å². The van der Waals surface area contributed by atoms with Crippen molar-refractivity contribution in [3.63, 3.8) is 0 Å². The van der Waals surface area contributed by atoms with Gasteiger partial charge in [-0.3, -0.25) is 4.79 Å². The zero-order valence-electron chi connectivity index (χ0n) is 11.7. The number of carbonyl (C=O) groups is 2. The van der Waals surface area contributed by atoms with Gasteiger partial charge in [-0.15, -0.1) is 0 Å². The van der Waals surface area contributed by atoms with E-state index in [9.17, 15) is 9.59 Å². The van der Waals surface area contributed by atoms with Crippen LogP contribution in [0.3, 0.4) is 0 Å². The predicted octanol–water partition coefficient (Wildman–Crippen LogP) is 1.82. The molecule has 0 fully saturated rings. The van der Waals surface area contributed by atoms with Gasteiger partial charge in [-0.25, -0.2) is 4.79 Å². The number of hydrogen-bond acceptors (Lipinski definition) is 5. The lowest BCUT2D eigenvalue weighted by Crippen LogP contribution is -2.25. The van der Waals surface area contributed by atoms with Crippen LogP contribution in [-0.2, 0) is 11.2 Å². The van der Waals surface area contributed by atoms with Gasteiger partial charge < -0.3 is 14.6 Å². The summed E-state index contributed by atoms with van der Waals surface area (Å²) in [7, 11) is 0. The number of nitrogens with zero attached hydrogens (tertiary/aromatic N) is 1. The summed E-state index contributed by atoms with van der Waals surface area (Å²) in [5, 5.41) is 6.40. The molecule has 1 N–H and O–H groups in total. The summed E-state index contributed by atoms with van der Waals surface area (Å²) in [5.74, 6) is -0.145. The van der Waals surface area contributed by atoms with E-state index in [4.69, 9.17) is 9.26 Å². The fraction of sp³-hybridized carbons (Fsp3) is 0.267. The van der Waals surface area contributed by atoms with Crippen LogP contribution in [0.4, 0.5) is 0 Å². The van der Waals surface area contributed by atoms with Gasteiger partial charge in [0.25, 0.3) is 5.91 Å². The van der Waals surface area contributed by atoms with Gasteiger partial charge >= 0.3 is 5.97 Å². The van der Waals surface area contributed by atoms with Crippen molar-refractivity contribution in [2.45, 2.75) is 13.3 Å². The van der Waals surface area contributed by atoms with E-state index >= 15 is 0 Å². The van der Waals surface area contributed by atoms with Crippen LogP contribution in [0.2, 0.25) is 0 Å². The van der Waals surface area contributed by atoms with Crippen molar-refractivity contribution in [3.8, 4) is 0 Å². The Balaban J connectivity index is 1.81. The molecule has 0 saturated carbocycles. The maximum atomic E-state index is 11.8. The minimum Gasteiger partial charge on any atom is -0.461 e. The normalized spacial score (nSPS) is 10.1. The van der Waals surface area contributed by atoms with Crippen LogP contribution in [0.1, 0.15) is 33.5 Å². The van der Waals surface area contributed by atoms with Crippen molar-refractivity contribution < 1.29 is 18.8 Å². The lowest BCUT2D eigenvalue weighted by molar-refractivity contribution is 0.0514. The molecule has 0 saturated heterocycles. The number of amides is 1. The number of rotatable bonds is 6. The molecule has 6 heteroatoms. The molecule has 1 aromatic heterocycles. The molecule has 1 amide bonds. The van der Waals surface area contributed by atoms with Crippen LogP contribution < -0.4 is 5.32 Å². The lowest BCUT2D eigenvalue weighted by atomic mass is 10.2. The van der Waals surface area contributed by atoms with E-state index < -0.39 is 5.97 Å². The maximum Gasteiger partial charge on any atom is 0.360 e. The summed E-state index contributed by atoms with van der Waals surface area (Å²) in [5.41, 5.74) is 0.739. The zero-order valence-corrected chi connectivity index (χ0v) is 11.7. The molecule has 0 atom stereocenters. The Morgan fingerprint density at radius 2 is 2.05 bits per heavy atom. The van der Waals surface area contributed by atoms with Crippen LogP contribution in [0.25, 0.3) is 0 Å². The molecule has 2 rings (SSSR count). The minimum absolute atomic E-state index is 0.140. The second-order valence-electron chi connectivity index (χ2n) is 4.27. The van der Waals surface area contributed by atoms with Gasteiger partial charge in [-0.2, -0.15) is 0 Å². The van der Waals surface area contributed by atoms with Crippen molar-refractivity contribution in [1.29, 1.82) is 0 Å². The molecular formula is C15H16N2O4. The topological polar surface area (TPSA) is 81.4 Å². The average molecular weight is 288 g/mol. The van der Waals surface area contributed by atoms with Crippen molar-refractivity contribution in [3.05, 3.63) is 53.4 Å². The van der Waals surface area contributed by atoms with E-state index in [0.717, 1.165) is 0 Å². The largest absolute Gasteiger partial charge is 0.461 e. The van der Waals surface area contributed by atoms with Gasteiger partial charge in [0.15, 0.2) is 5.69 Å². The van der Waals surface area contributed by atoms with Crippen molar-refractivity contribution in [2.75, 3.05) is 13.2 Å². The summed E-state index contributed by atoms with van der Waals surface area (Å²) in [6.07, 6.45) is 0.449. The molecule has 21 heavy (non-hydrogen) atoms. The average Bonchev–Trinajstić information content (AvgIpc) is 2.97. The van der Waals surface area contributed by atoms with Crippen LogP contribution in [0, 0.1) is 0 Å². The third-order valence-electron chi connectivity index (χ3n) is 2.74. The minimum atomic E-state index is -0.513. The smallest absolute Gasteiger partial charge is 0.360 e. The van der Waals surface area contributed by atoms with E-state index in [1.807, 2.05) is 6.07 Å². The molecule has 0 radical (unpaired) electrons. The van der Waals surface area contributed by atoms with Gasteiger partial charge in [-0.05, 0) is 19.1 Å². The Morgan fingerprint density at radius 1 is 1.29 bits per heavy atom. The van der Waals surface area contributed by atoms with Gasteiger partial charge in [0.1, 0.15) is 5.76 Å². The van der Waals surface area contributed by atoms with E-state index in [1.165, 1.54) is 6.07 Å². The fourth-order valence-corrected chi connectivity index (χ4v) is 1.72. The first-order chi connectivity index (χ1) is 10.2. The second-order valence-corrected chi connectivity index (χ2v) is 4.27. The lowest BCUT2D eigenvalue weighted by Gasteiger charge is -2.02. The van der Waals surface area contributed by atoms with Gasteiger partial charge in [-0.1, -0.05) is 23.4 Å². The van der Waals surface area contributed by atoms with Crippen LogP contribution in [-0.4, -0.2) is 30.2 Å². The van der Waals surface area contributed by atoms with Crippen molar-refractivity contribution in [2.24, 2.45) is 0 Å². The van der Waals surface area contributed by atoms with E-state index in [2.05, 4.69) is 10.5 Å². The number of ether oxygens (including phenoxy) is 1. The zero-order chi connectivity index (χ0) is 15.1. The van der Waals surface area contributed by atoms with Crippen molar-refractivity contribution >= 4 is 11.9 Å². The number of hydrogen-bond donors (Lipinski definition) is 1. The highest BCUT2D eigenvalue weighted by Crippen LogP contribution is 2.06. The molecule has 0 unspecified atom stereocenters. The van der Waals surface area contributed by atoms with Gasteiger partial charge in [0.2, 0.25) is 0 Å². The SMILES string of the molecule is CCOC(=O)c1cc(CCNC(=O)c2ccccc2)on1. The van der Waals surface area contributed by atoms with E-state index in [-0.39, 0.29) is 18.2 Å². The Hall–Kier alpha value is -2.63. The number of nitrogens with one attached hydrogen (secondary N) is 1. The standard InChI is InChI=1S/C15H16N2O4/c1-2-20-15(19)13-10-12(21-17-13)8-9-16-14(18)11-6-4-3-5-7-11/h3-7,10H,2,8-9H2,1H3,(H,16,18). The molecule has 110 valence electrons. The fourth-order valence-electron chi connectivity index (χ4n) is 1.72. The Morgan fingerprint density at radius 3 is 2.76 bits per heavy atom. The highest BCUT2D eigenvalue weighted by molar-refractivity contribution is 5.94. The second kappa shape index (κ2) is 7.23. The summed E-state index contributed by atoms with van der Waals surface area (Å²) in [4.78, 5) is 23.2. The Bertz CT molecular complexity index is 607. The van der Waals surface area contributed by atoms with Gasteiger partial charge in [0.05, 0.1) is 6.61 Å². The molecular weight excluding hydrogens is 272 g/mol. The monoisotopic (exact) mass is 288 g/mol. The molecule has 1 aromatic carbocycles. The number of carbonyl (C=O) groups excluding carboxylic acids is 2. The molecule has 0 aliphatic rings. The highest BCUT2D eigenvalue weighted by Gasteiger charge is 2.13. The summed E-state index contributed by atoms with van der Waals surface area (Å²) >= 11 is 0. The van der Waals surface area contributed by atoms with Crippen LogP contribution in [0.15, 0.2) is 40.9 Å². The van der Waals surface area contributed by atoms with E-state index in [1.54, 1.807) is 31.2 Å². The number of benzene rings is 1. The van der Waals surface area contributed by atoms with Gasteiger partial charge in [0, 0.05) is 24.6 Å². The third-order valence-corrected chi connectivity index (χ3v) is 2.74. The first kappa shape index (κ1) is 14.8. The number of aromatic nitrogens is 1. The molecule has 6 nitrogen and oxygen atoms in total. The highest BCUT2D eigenvalue weighted by atomic mass is 16.5. The maximum absolute atomic E-state index is 11.8. The quantitative estimate of drug-likeness (QED) is 0.820.